The Balaban J connectivity index is 1.62. The molecule has 3 rings (SSSR count). The van der Waals surface area contributed by atoms with Gasteiger partial charge in [-0.25, -0.2) is 8.42 Å². The van der Waals surface area contributed by atoms with Crippen LogP contribution in [0.25, 0.3) is 0 Å². The summed E-state index contributed by atoms with van der Waals surface area (Å²) in [5, 5.41) is 3.94. The van der Waals surface area contributed by atoms with Crippen LogP contribution in [0.1, 0.15) is 5.56 Å². The third-order valence-electron chi connectivity index (χ3n) is 3.81. The molecular weight excluding hydrogens is 302 g/mol. The van der Waals surface area contributed by atoms with Crippen molar-refractivity contribution >= 4 is 10.0 Å². The van der Waals surface area contributed by atoms with E-state index in [2.05, 4.69) is 15.0 Å². The summed E-state index contributed by atoms with van der Waals surface area (Å²) in [6, 6.07) is 3.97. The van der Waals surface area contributed by atoms with E-state index in [0.717, 1.165) is 19.6 Å². The zero-order chi connectivity index (χ0) is 15.6. The van der Waals surface area contributed by atoms with Crippen LogP contribution in [0.2, 0.25) is 0 Å². The Morgan fingerprint density at radius 3 is 2.41 bits per heavy atom. The Morgan fingerprint density at radius 2 is 1.82 bits per heavy atom. The van der Waals surface area contributed by atoms with Crippen molar-refractivity contribution in [2.24, 2.45) is 7.05 Å². The number of pyridine rings is 1. The summed E-state index contributed by atoms with van der Waals surface area (Å²) < 4.78 is 28.1. The van der Waals surface area contributed by atoms with Crippen LogP contribution in [0, 0.1) is 0 Å². The van der Waals surface area contributed by atoms with Gasteiger partial charge in [-0.1, -0.05) is 0 Å². The molecular formula is C14H19N5O2S. The molecule has 2 aromatic rings. The number of nitrogens with zero attached hydrogens (tertiary/aromatic N) is 5. The Kier molecular flexibility index (Phi) is 4.23. The number of aromatic nitrogens is 3. The molecule has 0 spiro atoms. The van der Waals surface area contributed by atoms with Gasteiger partial charge in [0.25, 0.3) is 0 Å². The Labute approximate surface area is 130 Å². The lowest BCUT2D eigenvalue weighted by Gasteiger charge is -2.33. The molecule has 0 saturated carbocycles. The molecule has 2 aromatic heterocycles. The number of sulfonamides is 1. The molecule has 7 nitrogen and oxygen atoms in total. The third kappa shape index (κ3) is 3.18. The largest absolute Gasteiger partial charge is 0.296 e. The second-order valence-electron chi connectivity index (χ2n) is 5.39. The fourth-order valence-electron chi connectivity index (χ4n) is 2.56. The molecule has 1 saturated heterocycles. The van der Waals surface area contributed by atoms with E-state index < -0.39 is 10.0 Å². The van der Waals surface area contributed by atoms with Gasteiger partial charge in [-0.15, -0.1) is 0 Å². The van der Waals surface area contributed by atoms with Gasteiger partial charge in [0.15, 0.2) is 0 Å². The fraction of sp³-hybridized carbons (Fsp3) is 0.429. The van der Waals surface area contributed by atoms with Crippen molar-refractivity contribution in [1.82, 2.24) is 24.0 Å². The van der Waals surface area contributed by atoms with Crippen LogP contribution in [0.5, 0.6) is 0 Å². The smallest absolute Gasteiger partial charge is 0.246 e. The lowest BCUT2D eigenvalue weighted by atomic mass is 10.2. The van der Waals surface area contributed by atoms with Crippen molar-refractivity contribution in [3.63, 3.8) is 0 Å². The number of hydrogen-bond donors (Lipinski definition) is 0. The molecule has 0 amide bonds. The lowest BCUT2D eigenvalue weighted by molar-refractivity contribution is 0.181. The van der Waals surface area contributed by atoms with Crippen molar-refractivity contribution in [3.05, 3.63) is 42.5 Å². The summed E-state index contributed by atoms with van der Waals surface area (Å²) in [6.45, 7) is 3.28. The van der Waals surface area contributed by atoms with Gasteiger partial charge in [-0.05, 0) is 17.7 Å². The molecule has 0 atom stereocenters. The van der Waals surface area contributed by atoms with Crippen LogP contribution in [0.4, 0.5) is 0 Å². The first kappa shape index (κ1) is 15.1. The molecule has 0 radical (unpaired) electrons. The minimum atomic E-state index is -3.42. The highest BCUT2D eigenvalue weighted by Gasteiger charge is 2.29. The summed E-state index contributed by atoms with van der Waals surface area (Å²) in [5.41, 5.74) is 1.19. The molecule has 3 heterocycles. The van der Waals surface area contributed by atoms with Crippen LogP contribution >= 0.6 is 0 Å². The fourth-order valence-corrected chi connectivity index (χ4v) is 3.96. The van der Waals surface area contributed by atoms with Gasteiger partial charge in [-0.3, -0.25) is 14.6 Å². The quantitative estimate of drug-likeness (QED) is 0.811. The van der Waals surface area contributed by atoms with Crippen LogP contribution < -0.4 is 0 Å². The molecule has 118 valence electrons. The maximum atomic E-state index is 12.5. The zero-order valence-electron chi connectivity index (χ0n) is 12.5. The molecule has 1 aliphatic rings. The van der Waals surface area contributed by atoms with Gasteiger partial charge in [0, 0.05) is 58.4 Å². The Hall–Kier alpha value is -1.77. The van der Waals surface area contributed by atoms with Crippen LogP contribution in [-0.2, 0) is 23.6 Å². The standard InChI is InChI=1S/C14H19N5O2S/c1-17-12-14(10-16-17)22(20,21)19-8-6-18(7-9-19)11-13-2-4-15-5-3-13/h2-5,10,12H,6-9,11H2,1H3. The van der Waals surface area contributed by atoms with E-state index in [-0.39, 0.29) is 4.90 Å². The minimum absolute atomic E-state index is 0.262. The summed E-state index contributed by atoms with van der Waals surface area (Å²) in [7, 11) is -1.71. The van der Waals surface area contributed by atoms with Crippen LogP contribution in [0.3, 0.4) is 0 Å². The summed E-state index contributed by atoms with van der Waals surface area (Å²) in [6.07, 6.45) is 6.49. The van der Waals surface area contributed by atoms with Gasteiger partial charge in [-0.2, -0.15) is 9.40 Å². The predicted octanol–water partition coefficient (Wildman–Crippen LogP) is 0.322. The molecule has 0 aliphatic carbocycles. The van der Waals surface area contributed by atoms with E-state index in [0.29, 0.717) is 13.1 Å². The number of aryl methyl sites for hydroxylation is 1. The molecule has 22 heavy (non-hydrogen) atoms. The molecule has 0 aromatic carbocycles. The molecule has 0 unspecified atom stereocenters. The van der Waals surface area contributed by atoms with Crippen molar-refractivity contribution < 1.29 is 8.42 Å². The summed E-state index contributed by atoms with van der Waals surface area (Å²) >= 11 is 0. The second kappa shape index (κ2) is 6.15. The van der Waals surface area contributed by atoms with E-state index in [1.807, 2.05) is 12.1 Å². The van der Waals surface area contributed by atoms with Gasteiger partial charge in [0.1, 0.15) is 4.90 Å². The minimum Gasteiger partial charge on any atom is -0.296 e. The van der Waals surface area contributed by atoms with Gasteiger partial charge in [0.2, 0.25) is 10.0 Å². The van der Waals surface area contributed by atoms with Crippen molar-refractivity contribution in [2.75, 3.05) is 26.2 Å². The number of piperazine rings is 1. The maximum absolute atomic E-state index is 12.5. The van der Waals surface area contributed by atoms with Gasteiger partial charge in [0.05, 0.1) is 6.20 Å². The molecule has 1 aliphatic heterocycles. The Morgan fingerprint density at radius 1 is 1.14 bits per heavy atom. The first-order valence-corrected chi connectivity index (χ1v) is 8.60. The van der Waals surface area contributed by atoms with Crippen molar-refractivity contribution in [1.29, 1.82) is 0 Å². The van der Waals surface area contributed by atoms with E-state index >= 15 is 0 Å². The molecule has 0 bridgehead atoms. The maximum Gasteiger partial charge on any atom is 0.246 e. The highest BCUT2D eigenvalue weighted by Crippen LogP contribution is 2.17. The molecule has 1 fully saturated rings. The average molecular weight is 321 g/mol. The number of hydrogen-bond acceptors (Lipinski definition) is 5. The van der Waals surface area contributed by atoms with Crippen LogP contribution in [-0.4, -0.2) is 58.6 Å². The topological polar surface area (TPSA) is 71.3 Å². The van der Waals surface area contributed by atoms with Gasteiger partial charge < -0.3 is 0 Å². The first-order valence-electron chi connectivity index (χ1n) is 7.16. The molecule has 8 heteroatoms. The highest BCUT2D eigenvalue weighted by atomic mass is 32.2. The zero-order valence-corrected chi connectivity index (χ0v) is 13.3. The monoisotopic (exact) mass is 321 g/mol. The molecule has 0 N–H and O–H groups in total. The highest BCUT2D eigenvalue weighted by molar-refractivity contribution is 7.89. The summed E-state index contributed by atoms with van der Waals surface area (Å²) in [4.78, 5) is 6.52. The SMILES string of the molecule is Cn1cc(S(=O)(=O)N2CCN(Cc3ccncc3)CC2)cn1. The van der Waals surface area contributed by atoms with E-state index in [1.165, 1.54) is 20.7 Å². The van der Waals surface area contributed by atoms with Gasteiger partial charge >= 0.3 is 0 Å². The average Bonchev–Trinajstić information content (AvgIpc) is 2.96. The van der Waals surface area contributed by atoms with E-state index in [9.17, 15) is 8.42 Å². The third-order valence-corrected chi connectivity index (χ3v) is 5.66. The van der Waals surface area contributed by atoms with Crippen LogP contribution in [0.15, 0.2) is 41.8 Å². The lowest BCUT2D eigenvalue weighted by Crippen LogP contribution is -2.48. The number of rotatable bonds is 4. The van der Waals surface area contributed by atoms with Crippen molar-refractivity contribution in [2.45, 2.75) is 11.4 Å². The van der Waals surface area contributed by atoms with Crippen molar-refractivity contribution in [3.8, 4) is 0 Å². The Bertz CT molecular complexity index is 721. The van der Waals surface area contributed by atoms with E-state index in [1.54, 1.807) is 25.6 Å². The normalized spacial score (nSPS) is 17.7. The van der Waals surface area contributed by atoms with E-state index in [4.69, 9.17) is 0 Å². The predicted molar refractivity (Wildman–Crippen MR) is 81.5 cm³/mol. The summed E-state index contributed by atoms with van der Waals surface area (Å²) in [5.74, 6) is 0. The second-order valence-corrected chi connectivity index (χ2v) is 7.32. The first-order chi connectivity index (χ1) is 10.6.